The summed E-state index contributed by atoms with van der Waals surface area (Å²) in [6, 6.07) is 9.20. The summed E-state index contributed by atoms with van der Waals surface area (Å²) in [5.74, 6) is 0.262. The Morgan fingerprint density at radius 3 is 2.83 bits per heavy atom. The van der Waals surface area contributed by atoms with Crippen molar-refractivity contribution in [2.45, 2.75) is 51.4 Å². The van der Waals surface area contributed by atoms with Crippen molar-refractivity contribution in [2.24, 2.45) is 0 Å². The minimum atomic E-state index is -0.302. The first-order chi connectivity index (χ1) is 17.4. The summed E-state index contributed by atoms with van der Waals surface area (Å²) in [6.07, 6.45) is 6.34. The van der Waals surface area contributed by atoms with Crippen LogP contribution in [0, 0.1) is 0 Å². The van der Waals surface area contributed by atoms with Gasteiger partial charge in [-0.05, 0) is 31.5 Å². The van der Waals surface area contributed by atoms with E-state index in [-0.39, 0.29) is 35.9 Å². The van der Waals surface area contributed by atoms with Crippen LogP contribution in [0.3, 0.4) is 0 Å². The fourth-order valence-electron chi connectivity index (χ4n) is 4.46. The molecule has 0 bridgehead atoms. The number of cyclic esters (lactones) is 1. The highest BCUT2D eigenvalue weighted by molar-refractivity contribution is 6.30. The molecule has 0 spiro atoms. The van der Waals surface area contributed by atoms with Gasteiger partial charge in [-0.15, -0.1) is 0 Å². The summed E-state index contributed by atoms with van der Waals surface area (Å²) in [5.41, 5.74) is 2.81. The Balaban J connectivity index is 1.37. The second kappa shape index (κ2) is 10.2. The van der Waals surface area contributed by atoms with Gasteiger partial charge in [-0.2, -0.15) is 5.10 Å². The molecule has 2 saturated heterocycles. The van der Waals surface area contributed by atoms with Crippen LogP contribution < -0.4 is 10.1 Å². The molecule has 2 aliphatic heterocycles. The third kappa shape index (κ3) is 5.16. The zero-order valence-corrected chi connectivity index (χ0v) is 20.9. The summed E-state index contributed by atoms with van der Waals surface area (Å²) in [5, 5.41) is 7.99. The van der Waals surface area contributed by atoms with Crippen LogP contribution in [0.5, 0.6) is 5.75 Å². The van der Waals surface area contributed by atoms with E-state index in [2.05, 4.69) is 29.2 Å². The predicted molar refractivity (Wildman–Crippen MR) is 134 cm³/mol. The largest absolute Gasteiger partial charge is 0.489 e. The fraction of sp³-hybridized carbons (Fsp3) is 0.385. The van der Waals surface area contributed by atoms with Gasteiger partial charge in [-0.25, -0.2) is 4.79 Å². The van der Waals surface area contributed by atoms with Crippen molar-refractivity contribution in [3.63, 3.8) is 0 Å². The third-order valence-electron chi connectivity index (χ3n) is 6.50. The van der Waals surface area contributed by atoms with Gasteiger partial charge >= 0.3 is 6.09 Å². The lowest BCUT2D eigenvalue weighted by Crippen LogP contribution is -2.44. The van der Waals surface area contributed by atoms with Crippen molar-refractivity contribution in [2.75, 3.05) is 13.2 Å². The molecule has 2 amide bonds. The normalized spacial score (nSPS) is 19.2. The second-order valence-electron chi connectivity index (χ2n) is 9.37. The van der Waals surface area contributed by atoms with E-state index in [0.29, 0.717) is 43.3 Å². The Morgan fingerprint density at radius 1 is 1.28 bits per heavy atom. The molecule has 2 atom stereocenters. The van der Waals surface area contributed by atoms with Gasteiger partial charge in [0.2, 0.25) is 0 Å². The van der Waals surface area contributed by atoms with Crippen LogP contribution in [0.15, 0.2) is 48.9 Å². The molecule has 3 aromatic rings. The summed E-state index contributed by atoms with van der Waals surface area (Å²) in [4.78, 5) is 31.0. The number of amides is 2. The number of rotatable bonds is 7. The zero-order valence-electron chi connectivity index (χ0n) is 20.2. The summed E-state index contributed by atoms with van der Waals surface area (Å²) >= 11 is 5.95. The van der Waals surface area contributed by atoms with Crippen molar-refractivity contribution >= 4 is 23.6 Å². The number of aromatic nitrogens is 3. The number of nitrogens with zero attached hydrogens (tertiary/aromatic N) is 4. The number of hydrogen-bond donors (Lipinski definition) is 1. The molecule has 1 aromatic carbocycles. The average molecular weight is 510 g/mol. The van der Waals surface area contributed by atoms with Crippen molar-refractivity contribution < 1.29 is 19.1 Å². The zero-order chi connectivity index (χ0) is 25.2. The molecule has 0 aliphatic carbocycles. The fourth-order valence-corrected chi connectivity index (χ4v) is 4.59. The number of piperidine rings is 1. The van der Waals surface area contributed by atoms with Crippen molar-refractivity contribution in [3.05, 3.63) is 65.2 Å². The number of pyridine rings is 1. The molecular weight excluding hydrogens is 482 g/mol. The number of halogens is 1. The highest BCUT2D eigenvalue weighted by atomic mass is 35.5. The average Bonchev–Trinajstić information content (AvgIpc) is 3.51. The molecule has 0 unspecified atom stereocenters. The van der Waals surface area contributed by atoms with E-state index in [1.54, 1.807) is 35.5 Å². The molecule has 10 heteroatoms. The van der Waals surface area contributed by atoms with Gasteiger partial charge in [0.05, 0.1) is 12.2 Å². The Kier molecular flexibility index (Phi) is 6.82. The molecular formula is C26H28ClN5O4. The number of carbonyl (C=O) groups is 2. The summed E-state index contributed by atoms with van der Waals surface area (Å²) in [7, 11) is 0. The van der Waals surface area contributed by atoms with E-state index in [4.69, 9.17) is 21.1 Å². The highest BCUT2D eigenvalue weighted by Crippen LogP contribution is 2.34. The smallest absolute Gasteiger partial charge is 0.410 e. The molecule has 0 radical (unpaired) electrons. The minimum absolute atomic E-state index is 0.00683. The van der Waals surface area contributed by atoms with Gasteiger partial charge in [0.25, 0.3) is 5.91 Å². The number of fused-ring (bicyclic) bond motifs is 1. The van der Waals surface area contributed by atoms with Gasteiger partial charge in [0.15, 0.2) is 0 Å². The van der Waals surface area contributed by atoms with Crippen molar-refractivity contribution in [1.29, 1.82) is 0 Å². The van der Waals surface area contributed by atoms with Gasteiger partial charge in [0, 0.05) is 66.6 Å². The lowest BCUT2D eigenvalue weighted by molar-refractivity contribution is 0.0915. The van der Waals surface area contributed by atoms with Crippen LogP contribution in [0.25, 0.3) is 11.1 Å². The van der Waals surface area contributed by atoms with E-state index >= 15 is 0 Å². The predicted octanol–water partition coefficient (Wildman–Crippen LogP) is 4.47. The molecule has 2 fully saturated rings. The topological polar surface area (TPSA) is 98.6 Å². The second-order valence-corrected chi connectivity index (χ2v) is 9.80. The molecule has 1 N–H and O–H groups in total. The highest BCUT2D eigenvalue weighted by Gasteiger charge is 2.39. The maximum Gasteiger partial charge on any atom is 0.410 e. The maximum absolute atomic E-state index is 12.9. The quantitative estimate of drug-likeness (QED) is 0.504. The monoisotopic (exact) mass is 509 g/mol. The Labute approximate surface area is 214 Å². The van der Waals surface area contributed by atoms with Crippen molar-refractivity contribution in [3.8, 4) is 16.9 Å². The first-order valence-corrected chi connectivity index (χ1v) is 12.4. The van der Waals surface area contributed by atoms with Crippen molar-refractivity contribution in [1.82, 2.24) is 25.0 Å². The summed E-state index contributed by atoms with van der Waals surface area (Å²) < 4.78 is 13.5. The van der Waals surface area contributed by atoms with E-state index in [0.717, 1.165) is 16.7 Å². The van der Waals surface area contributed by atoms with Gasteiger partial charge in [-0.1, -0.05) is 23.7 Å². The standard InChI is InChI=1S/C26H28ClN5O4/c1-16(2)32-14-18(12-30-32)22-13-28-23(25(33)29-11-17-3-5-19(27)6-4-17)10-24(22)36-21-7-8-31-20(9-21)15-35-26(31)34/h3-6,10,12-14,16,20-21H,7-9,11,15H2,1-2H3,(H,29,33)/t20-,21-/m0/s1. The van der Waals surface area contributed by atoms with Gasteiger partial charge in [-0.3, -0.25) is 14.5 Å². The molecule has 188 valence electrons. The SMILES string of the molecule is CC(C)n1cc(-c2cnc(C(=O)NCc3ccc(Cl)cc3)cc2O[C@H]2CCN3C(=O)OC[C@@H]3C2)cn1. The molecule has 5 rings (SSSR count). The van der Waals surface area contributed by atoms with E-state index < -0.39 is 0 Å². The minimum Gasteiger partial charge on any atom is -0.489 e. The lowest BCUT2D eigenvalue weighted by Gasteiger charge is -2.32. The molecule has 9 nitrogen and oxygen atoms in total. The molecule has 36 heavy (non-hydrogen) atoms. The number of nitrogens with one attached hydrogen (secondary N) is 1. The van der Waals surface area contributed by atoms with Crippen LogP contribution in [0.1, 0.15) is 48.8 Å². The Hall–Kier alpha value is -3.59. The van der Waals surface area contributed by atoms with Gasteiger partial charge < -0.3 is 19.7 Å². The van der Waals surface area contributed by atoms with Crippen LogP contribution in [-0.4, -0.2) is 57.0 Å². The molecule has 4 heterocycles. The Bertz CT molecular complexity index is 1260. The van der Waals surface area contributed by atoms with Crippen LogP contribution >= 0.6 is 11.6 Å². The van der Waals surface area contributed by atoms with E-state index in [9.17, 15) is 9.59 Å². The van der Waals surface area contributed by atoms with E-state index in [1.807, 2.05) is 23.0 Å². The maximum atomic E-state index is 12.9. The number of hydrogen-bond acceptors (Lipinski definition) is 6. The number of benzene rings is 1. The molecule has 0 saturated carbocycles. The number of carbonyl (C=O) groups excluding carboxylic acids is 2. The first kappa shape index (κ1) is 24.1. The van der Waals surface area contributed by atoms with Crippen LogP contribution in [-0.2, 0) is 11.3 Å². The van der Waals surface area contributed by atoms with Crippen LogP contribution in [0.2, 0.25) is 5.02 Å². The van der Waals surface area contributed by atoms with Gasteiger partial charge in [0.1, 0.15) is 24.2 Å². The first-order valence-electron chi connectivity index (χ1n) is 12.0. The van der Waals surface area contributed by atoms with E-state index in [1.165, 1.54) is 0 Å². The Morgan fingerprint density at radius 2 is 2.08 bits per heavy atom. The lowest BCUT2D eigenvalue weighted by atomic mass is 10.0. The summed E-state index contributed by atoms with van der Waals surface area (Å²) in [6.45, 7) is 5.42. The van der Waals surface area contributed by atoms with Crippen LogP contribution in [0.4, 0.5) is 4.79 Å². The molecule has 2 aliphatic rings. The third-order valence-corrected chi connectivity index (χ3v) is 6.75. The molecule has 2 aromatic heterocycles. The number of ether oxygens (including phenoxy) is 2.